The minimum absolute atomic E-state index is 0.0391. The van der Waals surface area contributed by atoms with E-state index in [2.05, 4.69) is 10.3 Å². The number of rotatable bonds is 2. The molecular formula is C21H20N2O2. The Morgan fingerprint density at radius 3 is 2.76 bits per heavy atom. The standard InChI is InChI=1S/C21H20N2O2/c1-13-15-7-3-5-9-17(15)22-14(2)20(13)21(24)23-18-11-12-25-19-10-6-4-8-16(18)19/h3-10,18H,11-12H2,1-2H3,(H,23,24)/t18-/m0/s1. The van der Waals surface area contributed by atoms with E-state index in [1.165, 1.54) is 0 Å². The van der Waals surface area contributed by atoms with Gasteiger partial charge in [0, 0.05) is 17.4 Å². The van der Waals surface area contributed by atoms with Crippen LogP contribution < -0.4 is 10.1 Å². The van der Waals surface area contributed by atoms with Crippen molar-refractivity contribution in [2.24, 2.45) is 0 Å². The summed E-state index contributed by atoms with van der Waals surface area (Å²) in [5, 5.41) is 4.20. The van der Waals surface area contributed by atoms with Crippen LogP contribution in [0.25, 0.3) is 10.9 Å². The number of nitrogens with one attached hydrogen (secondary N) is 1. The maximum atomic E-state index is 13.0. The number of hydrogen-bond acceptors (Lipinski definition) is 3. The Hall–Kier alpha value is -2.88. The summed E-state index contributed by atoms with van der Waals surface area (Å²) in [7, 11) is 0. The van der Waals surface area contributed by atoms with E-state index in [0.29, 0.717) is 12.2 Å². The molecule has 2 aromatic carbocycles. The van der Waals surface area contributed by atoms with Gasteiger partial charge >= 0.3 is 0 Å². The molecule has 1 amide bonds. The van der Waals surface area contributed by atoms with Crippen molar-refractivity contribution in [1.29, 1.82) is 0 Å². The molecule has 1 aliphatic heterocycles. The summed E-state index contributed by atoms with van der Waals surface area (Å²) in [4.78, 5) is 17.6. The van der Waals surface area contributed by atoms with Gasteiger partial charge < -0.3 is 10.1 Å². The largest absolute Gasteiger partial charge is 0.493 e. The molecule has 0 unspecified atom stereocenters. The molecule has 25 heavy (non-hydrogen) atoms. The predicted octanol–water partition coefficient (Wildman–Crippen LogP) is 4.11. The molecule has 0 bridgehead atoms. The molecule has 4 nitrogen and oxygen atoms in total. The molecule has 1 atom stereocenters. The van der Waals surface area contributed by atoms with Crippen LogP contribution in [0.2, 0.25) is 0 Å². The topological polar surface area (TPSA) is 51.2 Å². The van der Waals surface area contributed by atoms with E-state index < -0.39 is 0 Å². The van der Waals surface area contributed by atoms with Gasteiger partial charge in [-0.05, 0) is 31.5 Å². The van der Waals surface area contributed by atoms with Crippen molar-refractivity contribution >= 4 is 16.8 Å². The fraction of sp³-hybridized carbons (Fsp3) is 0.238. The molecule has 0 saturated heterocycles. The van der Waals surface area contributed by atoms with E-state index in [9.17, 15) is 4.79 Å². The van der Waals surface area contributed by atoms with Crippen molar-refractivity contribution in [3.05, 3.63) is 70.9 Å². The predicted molar refractivity (Wildman–Crippen MR) is 98.0 cm³/mol. The number of fused-ring (bicyclic) bond motifs is 2. The minimum Gasteiger partial charge on any atom is -0.493 e. The highest BCUT2D eigenvalue weighted by atomic mass is 16.5. The Kier molecular flexibility index (Phi) is 3.88. The molecule has 1 aliphatic rings. The third-order valence-corrected chi connectivity index (χ3v) is 4.82. The highest BCUT2D eigenvalue weighted by Crippen LogP contribution is 2.32. The third-order valence-electron chi connectivity index (χ3n) is 4.82. The molecule has 0 aliphatic carbocycles. The Morgan fingerprint density at radius 1 is 1.12 bits per heavy atom. The summed E-state index contributed by atoms with van der Waals surface area (Å²) < 4.78 is 5.68. The van der Waals surface area contributed by atoms with Gasteiger partial charge in [0.05, 0.1) is 29.4 Å². The second-order valence-electron chi connectivity index (χ2n) is 6.42. The average molecular weight is 332 g/mol. The average Bonchev–Trinajstić information content (AvgIpc) is 2.62. The second kappa shape index (κ2) is 6.20. The molecule has 1 aromatic heterocycles. The SMILES string of the molecule is Cc1nc2ccccc2c(C)c1C(=O)N[C@H]1CCOc2ccccc21. The number of benzene rings is 2. The number of ether oxygens (including phenoxy) is 1. The summed E-state index contributed by atoms with van der Waals surface area (Å²) in [6, 6.07) is 15.8. The van der Waals surface area contributed by atoms with E-state index in [4.69, 9.17) is 4.74 Å². The number of pyridine rings is 1. The van der Waals surface area contributed by atoms with Crippen LogP contribution in [0.3, 0.4) is 0 Å². The minimum atomic E-state index is -0.0741. The summed E-state index contributed by atoms with van der Waals surface area (Å²) in [6.07, 6.45) is 0.766. The van der Waals surface area contributed by atoms with Crippen LogP contribution in [0.5, 0.6) is 5.75 Å². The molecule has 0 spiro atoms. The van der Waals surface area contributed by atoms with Crippen LogP contribution in [0, 0.1) is 13.8 Å². The third kappa shape index (κ3) is 2.74. The normalized spacial score (nSPS) is 16.2. The van der Waals surface area contributed by atoms with Crippen molar-refractivity contribution in [2.45, 2.75) is 26.3 Å². The maximum absolute atomic E-state index is 13.0. The lowest BCUT2D eigenvalue weighted by atomic mass is 9.98. The monoisotopic (exact) mass is 332 g/mol. The first-order chi connectivity index (χ1) is 12.1. The van der Waals surface area contributed by atoms with Crippen LogP contribution in [0.4, 0.5) is 0 Å². The summed E-state index contributed by atoms with van der Waals surface area (Å²) in [6.45, 7) is 4.49. The molecule has 0 radical (unpaired) electrons. The van der Waals surface area contributed by atoms with Crippen molar-refractivity contribution in [2.75, 3.05) is 6.61 Å². The van der Waals surface area contributed by atoms with Gasteiger partial charge in [-0.25, -0.2) is 0 Å². The van der Waals surface area contributed by atoms with Crippen molar-refractivity contribution in [3.8, 4) is 5.75 Å². The van der Waals surface area contributed by atoms with Gasteiger partial charge in [0.25, 0.3) is 5.91 Å². The van der Waals surface area contributed by atoms with Gasteiger partial charge in [-0.3, -0.25) is 9.78 Å². The summed E-state index contributed by atoms with van der Waals surface area (Å²) in [5.74, 6) is 0.777. The van der Waals surface area contributed by atoms with Crippen molar-refractivity contribution < 1.29 is 9.53 Å². The molecule has 2 heterocycles. The zero-order chi connectivity index (χ0) is 17.4. The van der Waals surface area contributed by atoms with Gasteiger partial charge in [-0.15, -0.1) is 0 Å². The summed E-state index contributed by atoms with van der Waals surface area (Å²) >= 11 is 0. The lowest BCUT2D eigenvalue weighted by molar-refractivity contribution is 0.0923. The van der Waals surface area contributed by atoms with E-state index in [1.807, 2.05) is 62.4 Å². The highest BCUT2D eigenvalue weighted by Gasteiger charge is 2.25. The van der Waals surface area contributed by atoms with E-state index in [-0.39, 0.29) is 11.9 Å². The molecule has 0 saturated carbocycles. The first-order valence-corrected chi connectivity index (χ1v) is 8.53. The van der Waals surface area contributed by atoms with Crippen LogP contribution in [-0.4, -0.2) is 17.5 Å². The van der Waals surface area contributed by atoms with Gasteiger partial charge in [-0.2, -0.15) is 0 Å². The van der Waals surface area contributed by atoms with Crippen LogP contribution in [0.15, 0.2) is 48.5 Å². The summed E-state index contributed by atoms with van der Waals surface area (Å²) in [5.41, 5.74) is 4.36. The van der Waals surface area contributed by atoms with Gasteiger partial charge in [-0.1, -0.05) is 36.4 Å². The number of carbonyl (C=O) groups is 1. The number of carbonyl (C=O) groups excluding carboxylic acids is 1. The Bertz CT molecular complexity index is 965. The first-order valence-electron chi connectivity index (χ1n) is 8.53. The zero-order valence-electron chi connectivity index (χ0n) is 14.4. The second-order valence-corrected chi connectivity index (χ2v) is 6.42. The van der Waals surface area contributed by atoms with Crippen LogP contribution in [0.1, 0.15) is 39.6 Å². The smallest absolute Gasteiger partial charge is 0.253 e. The Morgan fingerprint density at radius 2 is 1.88 bits per heavy atom. The quantitative estimate of drug-likeness (QED) is 0.768. The molecular weight excluding hydrogens is 312 g/mol. The highest BCUT2D eigenvalue weighted by molar-refractivity contribution is 6.01. The fourth-order valence-electron chi connectivity index (χ4n) is 3.59. The molecule has 126 valence electrons. The molecule has 3 aromatic rings. The molecule has 1 N–H and O–H groups in total. The van der Waals surface area contributed by atoms with E-state index in [0.717, 1.165) is 39.9 Å². The molecule has 4 rings (SSSR count). The first kappa shape index (κ1) is 15.6. The van der Waals surface area contributed by atoms with Crippen LogP contribution in [-0.2, 0) is 0 Å². The van der Waals surface area contributed by atoms with Crippen molar-refractivity contribution in [3.63, 3.8) is 0 Å². The van der Waals surface area contributed by atoms with Crippen LogP contribution >= 0.6 is 0 Å². The van der Waals surface area contributed by atoms with E-state index in [1.54, 1.807) is 0 Å². The Labute approximate surface area is 146 Å². The maximum Gasteiger partial charge on any atom is 0.253 e. The van der Waals surface area contributed by atoms with Gasteiger partial charge in [0.2, 0.25) is 0 Å². The number of amides is 1. The zero-order valence-corrected chi connectivity index (χ0v) is 14.4. The lowest BCUT2D eigenvalue weighted by Crippen LogP contribution is -2.33. The number of hydrogen-bond donors (Lipinski definition) is 1. The lowest BCUT2D eigenvalue weighted by Gasteiger charge is -2.27. The number of nitrogens with zero attached hydrogens (tertiary/aromatic N) is 1. The number of aryl methyl sites for hydroxylation is 2. The fourth-order valence-corrected chi connectivity index (χ4v) is 3.59. The molecule has 0 fully saturated rings. The molecule has 4 heteroatoms. The Balaban J connectivity index is 1.70. The van der Waals surface area contributed by atoms with Gasteiger partial charge in [0.15, 0.2) is 0 Å². The van der Waals surface area contributed by atoms with Gasteiger partial charge in [0.1, 0.15) is 5.75 Å². The number of aromatic nitrogens is 1. The van der Waals surface area contributed by atoms with Crippen molar-refractivity contribution in [1.82, 2.24) is 10.3 Å². The number of para-hydroxylation sites is 2. The van der Waals surface area contributed by atoms with E-state index >= 15 is 0 Å².